The van der Waals surface area contributed by atoms with Crippen molar-refractivity contribution in [3.05, 3.63) is 17.2 Å². The van der Waals surface area contributed by atoms with Gasteiger partial charge in [-0.25, -0.2) is 0 Å². The van der Waals surface area contributed by atoms with E-state index in [9.17, 15) is 0 Å². The van der Waals surface area contributed by atoms with E-state index >= 15 is 0 Å². The van der Waals surface area contributed by atoms with E-state index in [2.05, 4.69) is 12.2 Å². The second-order valence-electron chi connectivity index (χ2n) is 5.46. The summed E-state index contributed by atoms with van der Waals surface area (Å²) in [5.74, 6) is 2.32. The molecule has 1 N–H and O–H groups in total. The zero-order valence-electron chi connectivity index (χ0n) is 12.5. The Kier molecular flexibility index (Phi) is 5.41. The fourth-order valence-electron chi connectivity index (χ4n) is 2.91. The van der Waals surface area contributed by atoms with Crippen LogP contribution in [0.3, 0.4) is 0 Å². The molecule has 1 saturated carbocycles. The SMILES string of the molecule is CCC1CCC(Nc2cc(Cl)c(OC)cc2OC)CC1. The maximum Gasteiger partial charge on any atom is 0.145 e. The van der Waals surface area contributed by atoms with Crippen LogP contribution in [0.1, 0.15) is 39.0 Å². The number of halogens is 1. The first-order valence-electron chi connectivity index (χ1n) is 7.36. The molecule has 1 aliphatic rings. The predicted molar refractivity (Wildman–Crippen MR) is 84.2 cm³/mol. The van der Waals surface area contributed by atoms with E-state index in [4.69, 9.17) is 21.1 Å². The molecule has 0 bridgehead atoms. The van der Waals surface area contributed by atoms with Gasteiger partial charge in [0.15, 0.2) is 0 Å². The summed E-state index contributed by atoms with van der Waals surface area (Å²) in [5, 5.41) is 4.18. The van der Waals surface area contributed by atoms with Crippen molar-refractivity contribution < 1.29 is 9.47 Å². The number of hydrogen-bond acceptors (Lipinski definition) is 3. The summed E-state index contributed by atoms with van der Waals surface area (Å²) in [6.45, 7) is 2.28. The Hall–Kier alpha value is -1.09. The van der Waals surface area contributed by atoms with Crippen LogP contribution in [0.25, 0.3) is 0 Å². The van der Waals surface area contributed by atoms with Gasteiger partial charge in [0.25, 0.3) is 0 Å². The van der Waals surface area contributed by atoms with E-state index in [1.807, 2.05) is 12.1 Å². The standard InChI is InChI=1S/C16H24ClNO2/c1-4-11-5-7-12(8-6-11)18-14-9-13(17)15(19-2)10-16(14)20-3/h9-12,18H,4-8H2,1-3H3. The first kappa shape index (κ1) is 15.3. The molecule has 0 aliphatic heterocycles. The minimum atomic E-state index is 0.510. The van der Waals surface area contributed by atoms with Gasteiger partial charge < -0.3 is 14.8 Å². The fraction of sp³-hybridized carbons (Fsp3) is 0.625. The van der Waals surface area contributed by atoms with Gasteiger partial charge in [-0.2, -0.15) is 0 Å². The molecule has 112 valence electrons. The molecule has 20 heavy (non-hydrogen) atoms. The predicted octanol–water partition coefficient (Wildman–Crippen LogP) is 4.74. The van der Waals surface area contributed by atoms with Crippen LogP contribution in [0.2, 0.25) is 5.02 Å². The van der Waals surface area contributed by atoms with Crippen LogP contribution in [-0.2, 0) is 0 Å². The second-order valence-corrected chi connectivity index (χ2v) is 5.86. The molecule has 4 heteroatoms. The minimum Gasteiger partial charge on any atom is -0.495 e. The quantitative estimate of drug-likeness (QED) is 0.851. The minimum absolute atomic E-state index is 0.510. The van der Waals surface area contributed by atoms with E-state index in [0.717, 1.165) is 17.4 Å². The number of hydrogen-bond donors (Lipinski definition) is 1. The topological polar surface area (TPSA) is 30.5 Å². The number of nitrogens with one attached hydrogen (secondary N) is 1. The number of anilines is 1. The van der Waals surface area contributed by atoms with Crippen molar-refractivity contribution in [3.8, 4) is 11.5 Å². The normalized spacial score (nSPS) is 22.4. The van der Waals surface area contributed by atoms with Gasteiger partial charge in [-0.15, -0.1) is 0 Å². The molecule has 0 spiro atoms. The number of rotatable bonds is 5. The molecule has 2 rings (SSSR count). The Balaban J connectivity index is 2.07. The smallest absolute Gasteiger partial charge is 0.145 e. The van der Waals surface area contributed by atoms with E-state index in [1.165, 1.54) is 32.1 Å². The van der Waals surface area contributed by atoms with Crippen LogP contribution < -0.4 is 14.8 Å². The molecule has 1 aromatic carbocycles. The van der Waals surface area contributed by atoms with Gasteiger partial charge in [0.05, 0.1) is 24.9 Å². The third-order valence-corrected chi connectivity index (χ3v) is 4.55. The van der Waals surface area contributed by atoms with Gasteiger partial charge in [0.1, 0.15) is 11.5 Å². The lowest BCUT2D eigenvalue weighted by atomic mass is 9.84. The molecule has 1 fully saturated rings. The van der Waals surface area contributed by atoms with Crippen molar-refractivity contribution in [1.29, 1.82) is 0 Å². The highest BCUT2D eigenvalue weighted by molar-refractivity contribution is 6.32. The summed E-state index contributed by atoms with van der Waals surface area (Å²) in [7, 11) is 3.28. The van der Waals surface area contributed by atoms with Crippen molar-refractivity contribution in [3.63, 3.8) is 0 Å². The van der Waals surface area contributed by atoms with Crippen molar-refractivity contribution in [1.82, 2.24) is 0 Å². The van der Waals surface area contributed by atoms with Crippen LogP contribution in [0.5, 0.6) is 11.5 Å². The summed E-state index contributed by atoms with van der Waals surface area (Å²) < 4.78 is 10.6. The van der Waals surface area contributed by atoms with Crippen LogP contribution in [0.4, 0.5) is 5.69 Å². The zero-order valence-corrected chi connectivity index (χ0v) is 13.3. The van der Waals surface area contributed by atoms with Gasteiger partial charge in [0, 0.05) is 12.1 Å². The van der Waals surface area contributed by atoms with Gasteiger partial charge in [-0.1, -0.05) is 24.9 Å². The average Bonchev–Trinajstić information content (AvgIpc) is 2.48. The van der Waals surface area contributed by atoms with Gasteiger partial charge in [0.2, 0.25) is 0 Å². The highest BCUT2D eigenvalue weighted by atomic mass is 35.5. The molecular formula is C16H24ClNO2. The summed E-state index contributed by atoms with van der Waals surface area (Å²) in [5.41, 5.74) is 0.957. The lowest BCUT2D eigenvalue weighted by molar-refractivity contribution is 0.329. The summed E-state index contributed by atoms with van der Waals surface area (Å²) in [6.07, 6.45) is 6.34. The van der Waals surface area contributed by atoms with Crippen molar-refractivity contribution in [2.45, 2.75) is 45.1 Å². The molecule has 1 aromatic rings. The molecule has 0 saturated heterocycles. The Labute approximate surface area is 126 Å². The molecule has 0 heterocycles. The number of methoxy groups -OCH3 is 2. The largest absolute Gasteiger partial charge is 0.495 e. The molecule has 0 radical (unpaired) electrons. The molecule has 0 unspecified atom stereocenters. The lowest BCUT2D eigenvalue weighted by Gasteiger charge is -2.29. The monoisotopic (exact) mass is 297 g/mol. The average molecular weight is 298 g/mol. The van der Waals surface area contributed by atoms with Crippen LogP contribution in [0, 0.1) is 5.92 Å². The van der Waals surface area contributed by atoms with Crippen molar-refractivity contribution >= 4 is 17.3 Å². The number of ether oxygens (including phenoxy) is 2. The Morgan fingerprint density at radius 3 is 2.30 bits per heavy atom. The van der Waals surface area contributed by atoms with Crippen LogP contribution >= 0.6 is 11.6 Å². The maximum atomic E-state index is 6.20. The van der Waals surface area contributed by atoms with E-state index in [1.54, 1.807) is 14.2 Å². The first-order valence-corrected chi connectivity index (χ1v) is 7.73. The fourth-order valence-corrected chi connectivity index (χ4v) is 3.15. The highest BCUT2D eigenvalue weighted by Crippen LogP contribution is 2.37. The molecule has 0 atom stereocenters. The van der Waals surface area contributed by atoms with Crippen LogP contribution in [0.15, 0.2) is 12.1 Å². The number of benzene rings is 1. The van der Waals surface area contributed by atoms with Gasteiger partial charge in [-0.05, 0) is 37.7 Å². The molecule has 0 amide bonds. The highest BCUT2D eigenvalue weighted by Gasteiger charge is 2.21. The first-order chi connectivity index (χ1) is 9.67. The maximum absolute atomic E-state index is 6.20. The van der Waals surface area contributed by atoms with Gasteiger partial charge >= 0.3 is 0 Å². The van der Waals surface area contributed by atoms with Crippen LogP contribution in [-0.4, -0.2) is 20.3 Å². The summed E-state index contributed by atoms with van der Waals surface area (Å²) in [6, 6.07) is 4.24. The Bertz CT molecular complexity index is 442. The summed E-state index contributed by atoms with van der Waals surface area (Å²) >= 11 is 6.20. The molecular weight excluding hydrogens is 274 g/mol. The third kappa shape index (κ3) is 3.51. The molecule has 0 aromatic heterocycles. The van der Waals surface area contributed by atoms with Crippen molar-refractivity contribution in [2.24, 2.45) is 5.92 Å². The van der Waals surface area contributed by atoms with Gasteiger partial charge in [-0.3, -0.25) is 0 Å². The Morgan fingerprint density at radius 1 is 1.10 bits per heavy atom. The molecule has 3 nitrogen and oxygen atoms in total. The zero-order chi connectivity index (χ0) is 14.5. The Morgan fingerprint density at radius 2 is 1.75 bits per heavy atom. The van der Waals surface area contributed by atoms with Crippen molar-refractivity contribution in [2.75, 3.05) is 19.5 Å². The molecule has 1 aliphatic carbocycles. The van der Waals surface area contributed by atoms with E-state index < -0.39 is 0 Å². The van der Waals surface area contributed by atoms with E-state index in [-0.39, 0.29) is 0 Å². The van der Waals surface area contributed by atoms with E-state index in [0.29, 0.717) is 16.8 Å². The second kappa shape index (κ2) is 7.07. The summed E-state index contributed by atoms with van der Waals surface area (Å²) in [4.78, 5) is 0. The lowest BCUT2D eigenvalue weighted by Crippen LogP contribution is -2.26. The third-order valence-electron chi connectivity index (χ3n) is 4.26.